The first kappa shape index (κ1) is 47.8. The molecule has 0 bridgehead atoms. The lowest BCUT2D eigenvalue weighted by Gasteiger charge is -2.34. The molecule has 1 unspecified atom stereocenters. The Kier molecular flexibility index (Phi) is 16.0. The van der Waals surface area contributed by atoms with Crippen molar-refractivity contribution in [2.45, 2.75) is 40.5 Å². The van der Waals surface area contributed by atoms with Gasteiger partial charge in [0.1, 0.15) is 25.5 Å². The van der Waals surface area contributed by atoms with Crippen LogP contribution in [0.5, 0.6) is 0 Å². The number of hydrogen-bond acceptors (Lipinski definition) is 12. The van der Waals surface area contributed by atoms with Crippen molar-refractivity contribution < 1.29 is 36.0 Å². The van der Waals surface area contributed by atoms with Crippen LogP contribution in [0.15, 0.2) is 99.4 Å². The number of carbonyl (C=O) groups excluding carboxylic acids is 3. The van der Waals surface area contributed by atoms with Crippen molar-refractivity contribution in [3.63, 3.8) is 0 Å². The van der Waals surface area contributed by atoms with Crippen molar-refractivity contribution in [3.8, 4) is 0 Å². The SMILES string of the molecule is O=C(NCc1ccc(S(=O)(=O)N2CCN(C(=O)C3CCCO3)CC2)s1)c1ccc(Cl)cc1.O=C(NCc1ccc(S(=O)(=O)N2CCN(c3cccc(Cl)n3)CC2)s1)c1ccc(Cl)cc1. The number of pyridine rings is 1. The zero-order valence-electron chi connectivity index (χ0n) is 34.2. The minimum Gasteiger partial charge on any atom is -0.368 e. The van der Waals surface area contributed by atoms with Crippen molar-refractivity contribution in [1.82, 2.24) is 29.1 Å². The van der Waals surface area contributed by atoms with Crippen LogP contribution in [0.1, 0.15) is 43.3 Å². The van der Waals surface area contributed by atoms with Crippen LogP contribution >= 0.6 is 57.5 Å². The number of nitrogens with zero attached hydrogens (tertiary/aromatic N) is 5. The summed E-state index contributed by atoms with van der Waals surface area (Å²) in [6.07, 6.45) is 1.22. The average molecular weight is 1010 g/mol. The van der Waals surface area contributed by atoms with Gasteiger partial charge in [-0.15, -0.1) is 22.7 Å². The maximum atomic E-state index is 13.1. The van der Waals surface area contributed by atoms with Gasteiger partial charge in [0, 0.05) is 89.9 Å². The molecule has 2 N–H and O–H groups in total. The van der Waals surface area contributed by atoms with Gasteiger partial charge in [0.25, 0.3) is 37.8 Å². The number of thiophene rings is 2. The highest BCUT2D eigenvalue weighted by molar-refractivity contribution is 7.91. The van der Waals surface area contributed by atoms with Gasteiger partial charge in [0.15, 0.2) is 0 Å². The molecule has 15 nitrogen and oxygen atoms in total. The molecule has 2 aromatic carbocycles. The standard InChI is InChI=1S/C21H20Cl2N4O3S2.C21H24ClN3O5S2/c22-16-6-4-15(5-7-16)21(28)24-14-17-8-9-20(31-17)32(29,30)27-12-10-26(11-13-27)19-3-1-2-18(23)25-19;22-16-5-3-15(4-6-16)20(26)23-14-17-7-8-19(31-17)32(28,29)25-11-9-24(10-12-25)21(27)18-2-1-13-30-18/h1-9H,10-14H2,(H,24,28);3-8,18H,1-2,9-14H2,(H,23,26). The van der Waals surface area contributed by atoms with Crippen molar-refractivity contribution >= 4 is 101 Å². The fourth-order valence-electron chi connectivity index (χ4n) is 7.04. The van der Waals surface area contributed by atoms with Crippen molar-refractivity contribution in [1.29, 1.82) is 0 Å². The smallest absolute Gasteiger partial charge is 0.252 e. The first-order valence-corrected chi connectivity index (χ1v) is 25.9. The predicted octanol–water partition coefficient (Wildman–Crippen LogP) is 6.23. The minimum absolute atomic E-state index is 0.0469. The second kappa shape index (κ2) is 21.4. The summed E-state index contributed by atoms with van der Waals surface area (Å²) >= 11 is 19.9. The number of sulfonamides is 2. The maximum Gasteiger partial charge on any atom is 0.252 e. The fraction of sp³-hybridized carbons (Fsp3) is 0.333. The van der Waals surface area contributed by atoms with Crippen LogP contribution in [0.2, 0.25) is 15.2 Å². The summed E-state index contributed by atoms with van der Waals surface area (Å²) in [5, 5.41) is 7.10. The first-order valence-electron chi connectivity index (χ1n) is 20.2. The normalized spacial score (nSPS) is 17.4. The molecule has 0 spiro atoms. The molecule has 3 aromatic heterocycles. The molecular formula is C42H44Cl3N7O8S4. The Morgan fingerprint density at radius 1 is 0.641 bits per heavy atom. The second-order valence-electron chi connectivity index (χ2n) is 14.8. The van der Waals surface area contributed by atoms with E-state index in [-0.39, 0.29) is 58.4 Å². The Bertz CT molecular complexity index is 2650. The lowest BCUT2D eigenvalue weighted by atomic mass is 10.2. The second-order valence-corrected chi connectivity index (χ2v) is 22.7. The lowest BCUT2D eigenvalue weighted by molar-refractivity contribution is -0.142. The Morgan fingerprint density at radius 3 is 1.58 bits per heavy atom. The molecule has 22 heteroatoms. The van der Waals surface area contributed by atoms with Gasteiger partial charge in [0.2, 0.25) is 0 Å². The molecule has 3 aliphatic heterocycles. The number of piperazine rings is 2. The molecule has 8 rings (SSSR count). The van der Waals surface area contributed by atoms with E-state index in [1.54, 1.807) is 83.8 Å². The molecule has 1 atom stereocenters. The molecule has 5 aromatic rings. The third-order valence-electron chi connectivity index (χ3n) is 10.5. The Hall–Kier alpha value is -4.15. The first-order chi connectivity index (χ1) is 30.7. The van der Waals surface area contributed by atoms with E-state index in [1.165, 1.54) is 8.61 Å². The summed E-state index contributed by atoms with van der Waals surface area (Å²) in [5.74, 6) is 0.190. The average Bonchev–Trinajstić information content (AvgIpc) is 4.12. The highest BCUT2D eigenvalue weighted by Crippen LogP contribution is 2.28. The molecule has 3 aliphatic rings. The number of nitrogens with one attached hydrogen (secondary N) is 2. The largest absolute Gasteiger partial charge is 0.368 e. The van der Waals surface area contributed by atoms with Gasteiger partial charge in [0.05, 0.1) is 13.1 Å². The molecule has 3 amide bonds. The van der Waals surface area contributed by atoms with E-state index in [1.807, 2.05) is 17.0 Å². The molecule has 0 radical (unpaired) electrons. The molecule has 0 saturated carbocycles. The molecule has 0 aliphatic carbocycles. The summed E-state index contributed by atoms with van der Waals surface area (Å²) in [7, 11) is -7.25. The van der Waals surface area contributed by atoms with Crippen LogP contribution in [0.4, 0.5) is 5.82 Å². The van der Waals surface area contributed by atoms with Gasteiger partial charge >= 0.3 is 0 Å². The molecule has 6 heterocycles. The molecular weight excluding hydrogens is 965 g/mol. The summed E-state index contributed by atoms with van der Waals surface area (Å²) < 4.78 is 61.0. The number of carbonyl (C=O) groups is 3. The third kappa shape index (κ3) is 12.0. The zero-order chi connectivity index (χ0) is 45.4. The van der Waals surface area contributed by atoms with Gasteiger partial charge in [-0.1, -0.05) is 40.9 Å². The zero-order valence-corrected chi connectivity index (χ0v) is 39.7. The molecule has 3 fully saturated rings. The minimum atomic E-state index is -3.65. The number of anilines is 1. The van der Waals surface area contributed by atoms with Gasteiger partial charge in [-0.3, -0.25) is 14.4 Å². The van der Waals surface area contributed by atoms with Crippen molar-refractivity contribution in [2.24, 2.45) is 0 Å². The van der Waals surface area contributed by atoms with Crippen LogP contribution in [0.3, 0.4) is 0 Å². The van der Waals surface area contributed by atoms with Crippen LogP contribution in [0, 0.1) is 0 Å². The van der Waals surface area contributed by atoms with Crippen molar-refractivity contribution in [2.75, 3.05) is 63.9 Å². The predicted molar refractivity (Wildman–Crippen MR) is 248 cm³/mol. The molecule has 64 heavy (non-hydrogen) atoms. The van der Waals surface area contributed by atoms with E-state index in [2.05, 4.69) is 15.6 Å². The van der Waals surface area contributed by atoms with Gasteiger partial charge in [-0.05, 0) is 97.8 Å². The van der Waals surface area contributed by atoms with E-state index < -0.39 is 20.0 Å². The van der Waals surface area contributed by atoms with E-state index in [9.17, 15) is 31.2 Å². The van der Waals surface area contributed by atoms with E-state index in [4.69, 9.17) is 39.5 Å². The van der Waals surface area contributed by atoms with Crippen LogP contribution in [0.25, 0.3) is 0 Å². The van der Waals surface area contributed by atoms with Crippen LogP contribution in [-0.2, 0) is 42.7 Å². The van der Waals surface area contributed by atoms with Gasteiger partial charge in [-0.2, -0.15) is 8.61 Å². The quantitative estimate of drug-likeness (QED) is 0.136. The van der Waals surface area contributed by atoms with E-state index in [0.29, 0.717) is 72.2 Å². The number of amides is 3. The number of hydrogen-bond donors (Lipinski definition) is 2. The number of benzene rings is 2. The van der Waals surface area contributed by atoms with Crippen LogP contribution < -0.4 is 15.5 Å². The van der Waals surface area contributed by atoms with Gasteiger partial charge in [-0.25, -0.2) is 21.8 Å². The number of halogens is 3. The number of ether oxygens (including phenoxy) is 1. The summed E-state index contributed by atoms with van der Waals surface area (Å²) in [5.41, 5.74) is 0.972. The molecule has 340 valence electrons. The van der Waals surface area contributed by atoms with Gasteiger partial charge < -0.3 is 25.2 Å². The van der Waals surface area contributed by atoms with Crippen molar-refractivity contribution in [3.05, 3.63) is 127 Å². The van der Waals surface area contributed by atoms with Crippen LogP contribution in [-0.4, -0.2) is 118 Å². The fourth-order valence-corrected chi connectivity index (χ4v) is 13.2. The molecule has 3 saturated heterocycles. The van der Waals surface area contributed by atoms with E-state index in [0.717, 1.165) is 51.1 Å². The topological polar surface area (TPSA) is 179 Å². The number of aromatic nitrogens is 1. The Balaban J connectivity index is 0.000000191. The third-order valence-corrected chi connectivity index (χ3v) is 18.2. The lowest BCUT2D eigenvalue weighted by Crippen LogP contribution is -2.52. The Morgan fingerprint density at radius 2 is 1.12 bits per heavy atom. The summed E-state index contributed by atoms with van der Waals surface area (Å²) in [6, 6.07) is 25.1. The monoisotopic (exact) mass is 1010 g/mol. The Labute approximate surface area is 395 Å². The summed E-state index contributed by atoms with van der Waals surface area (Å²) in [4.78, 5) is 46.5. The maximum absolute atomic E-state index is 13.1. The summed E-state index contributed by atoms with van der Waals surface area (Å²) in [6.45, 7) is 4.06. The number of rotatable bonds is 12. The van der Waals surface area contributed by atoms with E-state index >= 15 is 0 Å². The highest BCUT2D eigenvalue weighted by atomic mass is 35.5. The highest BCUT2D eigenvalue weighted by Gasteiger charge is 2.35.